The average Bonchev–Trinajstić information content (AvgIpc) is 3.16. The lowest BCUT2D eigenvalue weighted by atomic mass is 10.1. The summed E-state index contributed by atoms with van der Waals surface area (Å²) in [4.78, 5) is 38.2. The number of ether oxygens (including phenoxy) is 2. The largest absolute Gasteiger partial charge is 0.493 e. The zero-order chi connectivity index (χ0) is 20.5. The minimum atomic E-state index is -0.397. The van der Waals surface area contributed by atoms with Crippen molar-refractivity contribution in [2.24, 2.45) is 0 Å². The van der Waals surface area contributed by atoms with Gasteiger partial charge < -0.3 is 14.8 Å². The monoisotopic (exact) mass is 426 g/mol. The lowest BCUT2D eigenvalue weighted by Crippen LogP contribution is -2.33. The van der Waals surface area contributed by atoms with Crippen LogP contribution in [0, 0.1) is 0 Å². The Hall–Kier alpha value is -3.17. The zero-order valence-electron chi connectivity index (χ0n) is 15.1. The summed E-state index contributed by atoms with van der Waals surface area (Å²) in [6.07, 6.45) is 1.69. The number of thioether (sulfide) groups is 1. The van der Waals surface area contributed by atoms with Crippen molar-refractivity contribution in [2.45, 2.75) is 0 Å². The molecular formula is C20H14N2O5S2. The van der Waals surface area contributed by atoms with Gasteiger partial charge in [-0.2, -0.15) is 0 Å². The number of imide groups is 1. The lowest BCUT2D eigenvalue weighted by Gasteiger charge is -2.17. The Bertz CT molecular complexity index is 1060. The van der Waals surface area contributed by atoms with Gasteiger partial charge in [0.1, 0.15) is 4.32 Å². The van der Waals surface area contributed by atoms with Crippen LogP contribution in [0.3, 0.4) is 0 Å². The fraction of sp³-hybridized carbons (Fsp3) is 0.100. The Morgan fingerprint density at radius 2 is 1.76 bits per heavy atom. The second-order valence-electron chi connectivity index (χ2n) is 6.12. The van der Waals surface area contributed by atoms with Gasteiger partial charge in [0.05, 0.1) is 23.1 Å². The number of carbonyl (C=O) groups excluding carboxylic acids is 3. The third-order valence-corrected chi connectivity index (χ3v) is 5.52. The van der Waals surface area contributed by atoms with Crippen molar-refractivity contribution >= 4 is 52.1 Å². The minimum absolute atomic E-state index is 0.240. The van der Waals surface area contributed by atoms with Crippen LogP contribution in [0.15, 0.2) is 47.4 Å². The van der Waals surface area contributed by atoms with E-state index in [0.717, 1.165) is 10.5 Å². The van der Waals surface area contributed by atoms with Gasteiger partial charge in [0, 0.05) is 0 Å². The average molecular weight is 426 g/mol. The van der Waals surface area contributed by atoms with Crippen LogP contribution in [0.25, 0.3) is 6.08 Å². The van der Waals surface area contributed by atoms with Gasteiger partial charge in [0.15, 0.2) is 18.2 Å². The smallest absolute Gasteiger partial charge is 0.264 e. The zero-order valence-corrected chi connectivity index (χ0v) is 16.8. The molecule has 2 aliphatic rings. The van der Waals surface area contributed by atoms with Gasteiger partial charge in [-0.3, -0.25) is 14.4 Å². The molecule has 4 rings (SSSR count). The molecule has 2 aromatic carbocycles. The van der Waals surface area contributed by atoms with Crippen LogP contribution in [0.5, 0.6) is 11.5 Å². The number of hydrogen-bond donors (Lipinski definition) is 1. The Balaban J connectivity index is 1.51. The summed E-state index contributed by atoms with van der Waals surface area (Å²) >= 11 is 6.16. The van der Waals surface area contributed by atoms with Crippen molar-refractivity contribution in [1.82, 2.24) is 10.2 Å². The van der Waals surface area contributed by atoms with Crippen LogP contribution in [0.4, 0.5) is 0 Å². The number of nitrogens with one attached hydrogen (secondary N) is 1. The molecule has 0 unspecified atom stereocenters. The van der Waals surface area contributed by atoms with Gasteiger partial charge in [-0.05, 0) is 35.9 Å². The molecule has 0 bridgehead atoms. The second-order valence-corrected chi connectivity index (χ2v) is 7.84. The molecule has 29 heavy (non-hydrogen) atoms. The highest BCUT2D eigenvalue weighted by atomic mass is 32.2. The molecule has 2 aliphatic heterocycles. The molecule has 146 valence electrons. The molecule has 1 fully saturated rings. The van der Waals surface area contributed by atoms with Gasteiger partial charge in [-0.1, -0.05) is 42.2 Å². The number of fused-ring (bicyclic) bond motifs is 1. The molecule has 0 atom stereocenters. The number of amides is 3. The summed E-state index contributed by atoms with van der Waals surface area (Å²) in [5, 5.41) is 2.56. The summed E-state index contributed by atoms with van der Waals surface area (Å²) < 4.78 is 11.4. The number of methoxy groups -OCH3 is 1. The molecule has 1 N–H and O–H groups in total. The predicted molar refractivity (Wildman–Crippen MR) is 112 cm³/mol. The molecule has 7 nitrogen and oxygen atoms in total. The lowest BCUT2D eigenvalue weighted by molar-refractivity contribution is -0.115. The maximum Gasteiger partial charge on any atom is 0.264 e. The Morgan fingerprint density at radius 1 is 1.07 bits per heavy atom. The Morgan fingerprint density at radius 3 is 2.34 bits per heavy atom. The van der Waals surface area contributed by atoms with Crippen LogP contribution in [0.1, 0.15) is 26.3 Å². The first-order chi connectivity index (χ1) is 14.0. The molecule has 2 aromatic rings. The van der Waals surface area contributed by atoms with E-state index in [4.69, 9.17) is 21.7 Å². The van der Waals surface area contributed by atoms with E-state index in [1.54, 1.807) is 48.5 Å². The molecule has 0 spiro atoms. The van der Waals surface area contributed by atoms with E-state index in [9.17, 15) is 14.4 Å². The number of carbonyl (C=O) groups is 3. The van der Waals surface area contributed by atoms with Crippen LogP contribution in [0.2, 0.25) is 0 Å². The molecule has 3 amide bonds. The van der Waals surface area contributed by atoms with E-state index >= 15 is 0 Å². The van der Waals surface area contributed by atoms with E-state index in [0.29, 0.717) is 31.9 Å². The number of nitrogens with zero attached hydrogens (tertiary/aromatic N) is 1. The standard InChI is InChI=1S/C20H14N2O5S2/c1-26-15-8-11(9-16-17(23)21-20(28)29-16)6-7-14(15)27-10-22-18(24)12-4-2-3-5-13(12)19(22)25/h2-9H,10H2,1H3,(H,21,23,28)/b16-9-. The first-order valence-electron chi connectivity index (χ1n) is 8.49. The van der Waals surface area contributed by atoms with E-state index in [-0.39, 0.29) is 12.6 Å². The quantitative estimate of drug-likeness (QED) is 0.447. The third-order valence-electron chi connectivity index (χ3n) is 4.35. The van der Waals surface area contributed by atoms with E-state index in [2.05, 4.69) is 5.32 Å². The normalized spacial score (nSPS) is 17.0. The Kier molecular flexibility index (Phi) is 5.08. The van der Waals surface area contributed by atoms with Crippen molar-refractivity contribution in [3.05, 3.63) is 64.1 Å². The fourth-order valence-corrected chi connectivity index (χ4v) is 4.00. The number of rotatable bonds is 5. The van der Waals surface area contributed by atoms with Crippen molar-refractivity contribution < 1.29 is 23.9 Å². The second kappa shape index (κ2) is 7.69. The fourth-order valence-electron chi connectivity index (χ4n) is 2.96. The number of benzene rings is 2. The summed E-state index contributed by atoms with van der Waals surface area (Å²) in [5.74, 6) is -0.269. The highest BCUT2D eigenvalue weighted by molar-refractivity contribution is 8.26. The summed E-state index contributed by atoms with van der Waals surface area (Å²) in [5.41, 5.74) is 1.44. The molecule has 1 saturated heterocycles. The molecule has 0 aromatic heterocycles. The molecule has 0 radical (unpaired) electrons. The van der Waals surface area contributed by atoms with E-state index in [1.165, 1.54) is 18.9 Å². The topological polar surface area (TPSA) is 84.9 Å². The van der Waals surface area contributed by atoms with Gasteiger partial charge >= 0.3 is 0 Å². The molecular weight excluding hydrogens is 412 g/mol. The van der Waals surface area contributed by atoms with Crippen LogP contribution in [-0.2, 0) is 4.79 Å². The molecule has 0 saturated carbocycles. The summed E-state index contributed by atoms with van der Waals surface area (Å²) in [6.45, 7) is -0.240. The highest BCUT2D eigenvalue weighted by Gasteiger charge is 2.35. The van der Waals surface area contributed by atoms with Gasteiger partial charge in [-0.15, -0.1) is 0 Å². The van der Waals surface area contributed by atoms with E-state index < -0.39 is 11.8 Å². The van der Waals surface area contributed by atoms with Crippen LogP contribution >= 0.6 is 24.0 Å². The Labute approximate surface area is 175 Å². The SMILES string of the molecule is COc1cc(/C=C2\SC(=S)NC2=O)ccc1OCN1C(=O)c2ccccc2C1=O. The maximum atomic E-state index is 12.4. The van der Waals surface area contributed by atoms with Gasteiger partial charge in [0.25, 0.3) is 17.7 Å². The third kappa shape index (κ3) is 3.62. The molecule has 9 heteroatoms. The van der Waals surface area contributed by atoms with Gasteiger partial charge in [-0.25, -0.2) is 4.90 Å². The van der Waals surface area contributed by atoms with E-state index in [1.807, 2.05) is 0 Å². The van der Waals surface area contributed by atoms with Crippen LogP contribution < -0.4 is 14.8 Å². The first kappa shape index (κ1) is 19.2. The van der Waals surface area contributed by atoms with Crippen molar-refractivity contribution in [1.29, 1.82) is 0 Å². The number of thiocarbonyl (C=S) groups is 1. The summed E-state index contributed by atoms with van der Waals surface area (Å²) in [7, 11) is 1.48. The molecule has 0 aliphatic carbocycles. The van der Waals surface area contributed by atoms with Crippen LogP contribution in [-0.4, -0.2) is 40.8 Å². The summed E-state index contributed by atoms with van der Waals surface area (Å²) in [6, 6.07) is 11.7. The maximum absolute atomic E-state index is 12.4. The predicted octanol–water partition coefficient (Wildman–Crippen LogP) is 2.82. The number of hydrogen-bond acceptors (Lipinski definition) is 7. The molecule has 2 heterocycles. The van der Waals surface area contributed by atoms with Crippen molar-refractivity contribution in [2.75, 3.05) is 13.8 Å². The van der Waals surface area contributed by atoms with Crippen molar-refractivity contribution in [3.63, 3.8) is 0 Å². The minimum Gasteiger partial charge on any atom is -0.493 e. The highest BCUT2D eigenvalue weighted by Crippen LogP contribution is 2.32. The first-order valence-corrected chi connectivity index (χ1v) is 9.71. The van der Waals surface area contributed by atoms with Crippen molar-refractivity contribution in [3.8, 4) is 11.5 Å². The van der Waals surface area contributed by atoms with Gasteiger partial charge in [0.2, 0.25) is 0 Å².